The zero-order valence-electron chi connectivity index (χ0n) is 16.2. The summed E-state index contributed by atoms with van der Waals surface area (Å²) < 4.78 is 3.78. The van der Waals surface area contributed by atoms with Crippen LogP contribution in [0, 0.1) is 0 Å². The number of rotatable bonds is 3. The predicted octanol–water partition coefficient (Wildman–Crippen LogP) is 1.79. The van der Waals surface area contributed by atoms with E-state index in [9.17, 15) is 4.79 Å². The highest BCUT2D eigenvalue weighted by atomic mass is 16.2. The predicted molar refractivity (Wildman–Crippen MR) is 106 cm³/mol. The van der Waals surface area contributed by atoms with Gasteiger partial charge >= 0.3 is 0 Å². The van der Waals surface area contributed by atoms with Crippen molar-refractivity contribution < 1.29 is 4.79 Å². The zero-order chi connectivity index (χ0) is 19.1. The molecule has 1 aliphatic carbocycles. The molecule has 28 heavy (non-hydrogen) atoms. The maximum absolute atomic E-state index is 12.7. The monoisotopic (exact) mass is 379 g/mol. The second kappa shape index (κ2) is 6.92. The highest BCUT2D eigenvalue weighted by Crippen LogP contribution is 2.30. The van der Waals surface area contributed by atoms with E-state index in [-0.39, 0.29) is 5.91 Å². The topological polar surface area (TPSA) is 71.6 Å². The molecule has 8 heteroatoms. The van der Waals surface area contributed by atoms with Crippen molar-refractivity contribution in [2.45, 2.75) is 39.2 Å². The molecule has 0 atom stereocenters. The molecule has 0 N–H and O–H groups in total. The van der Waals surface area contributed by atoms with Gasteiger partial charge in [-0.05, 0) is 38.7 Å². The van der Waals surface area contributed by atoms with Crippen LogP contribution in [0.15, 0.2) is 24.7 Å². The fraction of sp³-hybridized carbons (Fsp3) is 0.500. The van der Waals surface area contributed by atoms with Crippen LogP contribution in [0.2, 0.25) is 0 Å². The molecule has 2 aliphatic rings. The SMILES string of the molecule is CCn1ccc(C(=O)N2CCN(c3nccn4nc5c(c34)CCCC5)CC2)n1. The summed E-state index contributed by atoms with van der Waals surface area (Å²) in [7, 11) is 0. The summed E-state index contributed by atoms with van der Waals surface area (Å²) >= 11 is 0. The Morgan fingerprint density at radius 1 is 1.07 bits per heavy atom. The summed E-state index contributed by atoms with van der Waals surface area (Å²) in [5.41, 5.74) is 4.26. The van der Waals surface area contributed by atoms with E-state index in [1.54, 1.807) is 10.7 Å². The van der Waals surface area contributed by atoms with Gasteiger partial charge in [0.15, 0.2) is 5.82 Å². The molecule has 1 aliphatic heterocycles. The van der Waals surface area contributed by atoms with Crippen molar-refractivity contribution in [1.29, 1.82) is 0 Å². The molecule has 0 unspecified atom stereocenters. The van der Waals surface area contributed by atoms with E-state index < -0.39 is 0 Å². The van der Waals surface area contributed by atoms with Crippen molar-refractivity contribution in [2.75, 3.05) is 31.1 Å². The average molecular weight is 379 g/mol. The second-order valence-corrected chi connectivity index (χ2v) is 7.51. The Balaban J connectivity index is 1.36. The molecular formula is C20H25N7O. The number of aromatic nitrogens is 5. The molecule has 1 amide bonds. The van der Waals surface area contributed by atoms with Crippen LogP contribution >= 0.6 is 0 Å². The van der Waals surface area contributed by atoms with Crippen LogP contribution in [0.1, 0.15) is 41.5 Å². The van der Waals surface area contributed by atoms with E-state index in [1.165, 1.54) is 24.1 Å². The Bertz CT molecular complexity index is 1010. The summed E-state index contributed by atoms with van der Waals surface area (Å²) in [6, 6.07) is 1.80. The van der Waals surface area contributed by atoms with Gasteiger partial charge < -0.3 is 9.80 Å². The van der Waals surface area contributed by atoms with E-state index >= 15 is 0 Å². The van der Waals surface area contributed by atoms with Crippen molar-refractivity contribution in [2.24, 2.45) is 0 Å². The summed E-state index contributed by atoms with van der Waals surface area (Å²) in [6.07, 6.45) is 10.2. The molecular weight excluding hydrogens is 354 g/mol. The lowest BCUT2D eigenvalue weighted by Crippen LogP contribution is -2.49. The molecule has 8 nitrogen and oxygen atoms in total. The lowest BCUT2D eigenvalue weighted by Gasteiger charge is -2.35. The Morgan fingerprint density at radius 2 is 1.89 bits per heavy atom. The van der Waals surface area contributed by atoms with Gasteiger partial charge in [-0.25, -0.2) is 9.50 Å². The van der Waals surface area contributed by atoms with Gasteiger partial charge in [-0.3, -0.25) is 9.48 Å². The number of anilines is 1. The number of carbonyl (C=O) groups excluding carboxylic acids is 1. The summed E-state index contributed by atoms with van der Waals surface area (Å²) in [5, 5.41) is 9.13. The molecule has 1 fully saturated rings. The standard InChI is InChI=1S/C20H25N7O/c1-2-26-9-7-17(22-26)20(28)25-13-11-24(12-14-25)19-18-15-5-3-4-6-16(15)23-27(18)10-8-21-19/h7-10H,2-6,11-14H2,1H3. The van der Waals surface area contributed by atoms with Crippen LogP contribution in [0.25, 0.3) is 5.52 Å². The third-order valence-corrected chi connectivity index (χ3v) is 5.85. The molecule has 0 saturated carbocycles. The first-order chi connectivity index (χ1) is 13.7. The Hall–Kier alpha value is -2.90. The van der Waals surface area contributed by atoms with Crippen molar-refractivity contribution in [3.63, 3.8) is 0 Å². The number of amides is 1. The third-order valence-electron chi connectivity index (χ3n) is 5.85. The largest absolute Gasteiger partial charge is 0.351 e. The minimum absolute atomic E-state index is 0.0137. The second-order valence-electron chi connectivity index (χ2n) is 7.51. The van der Waals surface area contributed by atoms with Crippen LogP contribution in [0.3, 0.4) is 0 Å². The molecule has 4 heterocycles. The number of nitrogens with zero attached hydrogens (tertiary/aromatic N) is 7. The van der Waals surface area contributed by atoms with Crippen LogP contribution in [0.5, 0.6) is 0 Å². The van der Waals surface area contributed by atoms with Gasteiger partial charge in [-0.1, -0.05) is 0 Å². The molecule has 0 spiro atoms. The van der Waals surface area contributed by atoms with Gasteiger partial charge in [0.05, 0.1) is 5.69 Å². The van der Waals surface area contributed by atoms with Crippen LogP contribution in [0.4, 0.5) is 5.82 Å². The van der Waals surface area contributed by atoms with Crippen molar-refractivity contribution in [3.05, 3.63) is 41.6 Å². The molecule has 146 valence electrons. The highest BCUT2D eigenvalue weighted by Gasteiger charge is 2.27. The molecule has 0 radical (unpaired) electrons. The van der Waals surface area contributed by atoms with E-state index in [4.69, 9.17) is 10.1 Å². The smallest absolute Gasteiger partial charge is 0.274 e. The summed E-state index contributed by atoms with van der Waals surface area (Å²) in [4.78, 5) is 21.6. The number of carbonyl (C=O) groups is 1. The number of hydrogen-bond donors (Lipinski definition) is 0. The van der Waals surface area contributed by atoms with Crippen LogP contribution in [-0.2, 0) is 19.4 Å². The van der Waals surface area contributed by atoms with E-state index in [2.05, 4.69) is 10.00 Å². The van der Waals surface area contributed by atoms with Gasteiger partial charge in [0, 0.05) is 56.9 Å². The quantitative estimate of drug-likeness (QED) is 0.694. The minimum Gasteiger partial charge on any atom is -0.351 e. The molecule has 0 aromatic carbocycles. The molecule has 5 rings (SSSR count). The van der Waals surface area contributed by atoms with Crippen LogP contribution < -0.4 is 4.90 Å². The summed E-state index contributed by atoms with van der Waals surface area (Å²) in [5.74, 6) is 1.01. The Labute approximate surface area is 163 Å². The Kier molecular flexibility index (Phi) is 4.26. The number of piperazine rings is 1. The van der Waals surface area contributed by atoms with Gasteiger partial charge in [-0.15, -0.1) is 0 Å². The first-order valence-corrected chi connectivity index (χ1v) is 10.2. The normalized spacial score (nSPS) is 17.2. The first-order valence-electron chi connectivity index (χ1n) is 10.2. The average Bonchev–Trinajstić information content (AvgIpc) is 3.38. The van der Waals surface area contributed by atoms with E-state index in [1.807, 2.05) is 34.9 Å². The van der Waals surface area contributed by atoms with E-state index in [0.29, 0.717) is 18.8 Å². The van der Waals surface area contributed by atoms with Gasteiger partial charge in [-0.2, -0.15) is 10.2 Å². The van der Waals surface area contributed by atoms with Crippen molar-refractivity contribution in [1.82, 2.24) is 29.3 Å². The maximum atomic E-state index is 12.7. The molecule has 3 aromatic rings. The molecule has 3 aromatic heterocycles. The van der Waals surface area contributed by atoms with Gasteiger partial charge in [0.1, 0.15) is 11.2 Å². The highest BCUT2D eigenvalue weighted by molar-refractivity contribution is 5.92. The maximum Gasteiger partial charge on any atom is 0.274 e. The van der Waals surface area contributed by atoms with Crippen molar-refractivity contribution >= 4 is 17.2 Å². The number of aryl methyl sites for hydroxylation is 3. The third kappa shape index (κ3) is 2.83. The zero-order valence-corrected chi connectivity index (χ0v) is 16.2. The molecule has 0 bridgehead atoms. The molecule has 1 saturated heterocycles. The summed E-state index contributed by atoms with van der Waals surface area (Å²) in [6.45, 7) is 5.68. The van der Waals surface area contributed by atoms with Crippen LogP contribution in [-0.4, -0.2) is 61.4 Å². The van der Waals surface area contributed by atoms with Crippen molar-refractivity contribution in [3.8, 4) is 0 Å². The van der Waals surface area contributed by atoms with Gasteiger partial charge in [0.25, 0.3) is 5.91 Å². The lowest BCUT2D eigenvalue weighted by molar-refractivity contribution is 0.0739. The minimum atomic E-state index is 0.0137. The van der Waals surface area contributed by atoms with E-state index in [0.717, 1.165) is 43.8 Å². The fourth-order valence-electron chi connectivity index (χ4n) is 4.31. The Morgan fingerprint density at radius 3 is 2.68 bits per heavy atom. The van der Waals surface area contributed by atoms with Gasteiger partial charge in [0.2, 0.25) is 0 Å². The lowest BCUT2D eigenvalue weighted by atomic mass is 9.97. The number of fused-ring (bicyclic) bond motifs is 3. The number of hydrogen-bond acceptors (Lipinski definition) is 5. The first kappa shape index (κ1) is 17.2. The fourth-order valence-corrected chi connectivity index (χ4v) is 4.31.